The summed E-state index contributed by atoms with van der Waals surface area (Å²) in [7, 11) is 0. The van der Waals surface area contributed by atoms with Crippen LogP contribution in [0.2, 0.25) is 5.02 Å². The predicted octanol–water partition coefficient (Wildman–Crippen LogP) is 2.33. The number of halogens is 1. The van der Waals surface area contributed by atoms with Crippen LogP contribution >= 0.6 is 11.6 Å². The highest BCUT2D eigenvalue weighted by molar-refractivity contribution is 6.31. The minimum Gasteiger partial charge on any atom is -0.381 e. The first-order valence-corrected chi connectivity index (χ1v) is 10.8. The van der Waals surface area contributed by atoms with E-state index in [2.05, 4.69) is 15.3 Å². The van der Waals surface area contributed by atoms with E-state index in [0.717, 1.165) is 69.8 Å². The fourth-order valence-electron chi connectivity index (χ4n) is 4.23. The van der Waals surface area contributed by atoms with Crippen LogP contribution in [-0.4, -0.2) is 73.2 Å². The molecule has 0 radical (unpaired) electrons. The zero-order valence-electron chi connectivity index (χ0n) is 16.7. The summed E-state index contributed by atoms with van der Waals surface area (Å²) in [6, 6.07) is 5.69. The van der Waals surface area contributed by atoms with Gasteiger partial charge in [0, 0.05) is 61.6 Å². The van der Waals surface area contributed by atoms with Crippen LogP contribution < -0.4 is 5.32 Å². The van der Waals surface area contributed by atoms with E-state index in [1.807, 2.05) is 29.1 Å². The molecule has 7 nitrogen and oxygen atoms in total. The summed E-state index contributed by atoms with van der Waals surface area (Å²) >= 11 is 6.10. The van der Waals surface area contributed by atoms with Crippen molar-refractivity contribution in [3.8, 4) is 0 Å². The number of carbonyl (C=O) groups is 1. The summed E-state index contributed by atoms with van der Waals surface area (Å²) < 4.78 is 12.9. The van der Waals surface area contributed by atoms with Crippen molar-refractivity contribution in [1.29, 1.82) is 0 Å². The number of ether oxygens (including phenoxy) is 2. The molecule has 2 saturated heterocycles. The first kappa shape index (κ1) is 20.6. The molecule has 1 N–H and O–H groups in total. The minimum atomic E-state index is 0.0588. The van der Waals surface area contributed by atoms with E-state index in [1.54, 1.807) is 0 Å². The number of amides is 1. The SMILES string of the molecule is O=C(CCn1ncc2ccc(Cl)cc21)NCC1(CN2CCOCC2)CCOCC1. The van der Waals surface area contributed by atoms with Crippen LogP contribution in [0.3, 0.4) is 0 Å². The molecule has 2 fully saturated rings. The van der Waals surface area contributed by atoms with E-state index < -0.39 is 0 Å². The smallest absolute Gasteiger partial charge is 0.221 e. The Morgan fingerprint density at radius 2 is 1.93 bits per heavy atom. The number of nitrogens with one attached hydrogen (secondary N) is 1. The van der Waals surface area contributed by atoms with Gasteiger partial charge in [-0.2, -0.15) is 5.10 Å². The standard InChI is InChI=1S/C21H29ClN4O3/c22-18-2-1-17-14-24-26(19(17)13-18)6-3-20(27)23-15-21(4-9-28-10-5-21)16-25-7-11-29-12-8-25/h1-2,13-14H,3-12,15-16H2,(H,23,27). The Kier molecular flexibility index (Phi) is 6.70. The van der Waals surface area contributed by atoms with Crippen LogP contribution in [0.4, 0.5) is 0 Å². The first-order chi connectivity index (χ1) is 14.1. The van der Waals surface area contributed by atoms with Gasteiger partial charge in [0.25, 0.3) is 0 Å². The van der Waals surface area contributed by atoms with Gasteiger partial charge in [0.15, 0.2) is 0 Å². The number of hydrogen-bond donors (Lipinski definition) is 1. The van der Waals surface area contributed by atoms with E-state index in [9.17, 15) is 4.79 Å². The van der Waals surface area contributed by atoms with Crippen LogP contribution in [0.25, 0.3) is 10.9 Å². The lowest BCUT2D eigenvalue weighted by molar-refractivity contribution is -0.122. The Morgan fingerprint density at radius 3 is 2.72 bits per heavy atom. The van der Waals surface area contributed by atoms with E-state index in [1.165, 1.54) is 0 Å². The number of nitrogens with zero attached hydrogens (tertiary/aromatic N) is 3. The number of aryl methyl sites for hydroxylation is 1. The second-order valence-corrected chi connectivity index (χ2v) is 8.53. The van der Waals surface area contributed by atoms with Crippen molar-refractivity contribution in [2.24, 2.45) is 5.41 Å². The molecule has 0 aliphatic carbocycles. The number of aromatic nitrogens is 2. The summed E-state index contributed by atoms with van der Waals surface area (Å²) in [6.07, 6.45) is 4.16. The molecule has 2 aliphatic rings. The fraction of sp³-hybridized carbons (Fsp3) is 0.619. The van der Waals surface area contributed by atoms with Crippen LogP contribution in [-0.2, 0) is 20.8 Å². The normalized spacial score (nSPS) is 20.0. The molecular formula is C21H29ClN4O3. The molecule has 29 heavy (non-hydrogen) atoms. The molecule has 0 atom stereocenters. The molecule has 8 heteroatoms. The fourth-order valence-corrected chi connectivity index (χ4v) is 4.40. The van der Waals surface area contributed by atoms with Crippen molar-refractivity contribution in [1.82, 2.24) is 20.0 Å². The average Bonchev–Trinajstić information content (AvgIpc) is 3.14. The Balaban J connectivity index is 1.32. The summed E-state index contributed by atoms with van der Waals surface area (Å²) in [6.45, 7) is 7.26. The van der Waals surface area contributed by atoms with Gasteiger partial charge in [-0.3, -0.25) is 14.4 Å². The summed E-state index contributed by atoms with van der Waals surface area (Å²) in [5.74, 6) is 0.0588. The molecular weight excluding hydrogens is 392 g/mol. The molecule has 2 aromatic rings. The molecule has 3 heterocycles. The van der Waals surface area contributed by atoms with Gasteiger partial charge >= 0.3 is 0 Å². The third-order valence-electron chi connectivity index (χ3n) is 6.03. The lowest BCUT2D eigenvalue weighted by atomic mass is 9.79. The third-order valence-corrected chi connectivity index (χ3v) is 6.27. The molecule has 0 saturated carbocycles. The zero-order valence-corrected chi connectivity index (χ0v) is 17.5. The van der Waals surface area contributed by atoms with Gasteiger partial charge in [0.1, 0.15) is 0 Å². The van der Waals surface area contributed by atoms with Gasteiger partial charge in [-0.05, 0) is 31.0 Å². The highest BCUT2D eigenvalue weighted by atomic mass is 35.5. The van der Waals surface area contributed by atoms with E-state index >= 15 is 0 Å². The second kappa shape index (κ2) is 9.43. The van der Waals surface area contributed by atoms with Crippen LogP contribution in [0.1, 0.15) is 19.3 Å². The molecule has 1 amide bonds. The van der Waals surface area contributed by atoms with E-state index in [4.69, 9.17) is 21.1 Å². The minimum absolute atomic E-state index is 0.0588. The predicted molar refractivity (Wildman–Crippen MR) is 112 cm³/mol. The van der Waals surface area contributed by atoms with Crippen LogP contribution in [0.15, 0.2) is 24.4 Å². The van der Waals surface area contributed by atoms with Gasteiger partial charge in [0.05, 0.1) is 31.5 Å². The Morgan fingerprint density at radius 1 is 1.17 bits per heavy atom. The topological polar surface area (TPSA) is 68.6 Å². The summed E-state index contributed by atoms with van der Waals surface area (Å²) in [4.78, 5) is 15.0. The van der Waals surface area contributed by atoms with Gasteiger partial charge in [-0.25, -0.2) is 0 Å². The van der Waals surface area contributed by atoms with E-state index in [0.29, 0.717) is 24.5 Å². The lowest BCUT2D eigenvalue weighted by Gasteiger charge is -2.42. The highest BCUT2D eigenvalue weighted by Crippen LogP contribution is 2.31. The highest BCUT2D eigenvalue weighted by Gasteiger charge is 2.35. The maximum Gasteiger partial charge on any atom is 0.221 e. The molecule has 1 aromatic heterocycles. The lowest BCUT2D eigenvalue weighted by Crippen LogP contribution is -2.50. The third kappa shape index (κ3) is 5.28. The van der Waals surface area contributed by atoms with Gasteiger partial charge < -0.3 is 14.8 Å². The summed E-state index contributed by atoms with van der Waals surface area (Å²) in [5, 5.41) is 9.28. The quantitative estimate of drug-likeness (QED) is 0.744. The van der Waals surface area contributed by atoms with Crippen molar-refractivity contribution in [3.05, 3.63) is 29.4 Å². The van der Waals surface area contributed by atoms with Crippen molar-refractivity contribution < 1.29 is 14.3 Å². The zero-order chi connectivity index (χ0) is 20.1. The maximum atomic E-state index is 12.6. The number of hydrogen-bond acceptors (Lipinski definition) is 5. The number of carbonyl (C=O) groups excluding carboxylic acids is 1. The molecule has 2 aliphatic heterocycles. The Bertz CT molecular complexity index is 828. The first-order valence-electron chi connectivity index (χ1n) is 10.4. The van der Waals surface area contributed by atoms with Gasteiger partial charge in [0.2, 0.25) is 5.91 Å². The van der Waals surface area contributed by atoms with Crippen LogP contribution in [0, 0.1) is 5.41 Å². The van der Waals surface area contributed by atoms with Crippen molar-refractivity contribution in [3.63, 3.8) is 0 Å². The number of fused-ring (bicyclic) bond motifs is 1. The van der Waals surface area contributed by atoms with Crippen molar-refractivity contribution >= 4 is 28.4 Å². The Hall–Kier alpha value is -1.67. The van der Waals surface area contributed by atoms with Crippen molar-refractivity contribution in [2.45, 2.75) is 25.8 Å². The molecule has 0 bridgehead atoms. The van der Waals surface area contributed by atoms with E-state index in [-0.39, 0.29) is 11.3 Å². The maximum absolute atomic E-state index is 12.6. The second-order valence-electron chi connectivity index (χ2n) is 8.10. The van der Waals surface area contributed by atoms with Gasteiger partial charge in [-0.15, -0.1) is 0 Å². The largest absolute Gasteiger partial charge is 0.381 e. The molecule has 0 unspecified atom stereocenters. The molecule has 158 valence electrons. The number of rotatable bonds is 7. The molecule has 0 spiro atoms. The number of morpholine rings is 1. The monoisotopic (exact) mass is 420 g/mol. The summed E-state index contributed by atoms with van der Waals surface area (Å²) in [5.41, 5.74) is 1.04. The van der Waals surface area contributed by atoms with Crippen molar-refractivity contribution in [2.75, 3.05) is 52.6 Å². The average molecular weight is 421 g/mol. The number of benzene rings is 1. The molecule has 4 rings (SSSR count). The van der Waals surface area contributed by atoms with Crippen LogP contribution in [0.5, 0.6) is 0 Å². The van der Waals surface area contributed by atoms with Gasteiger partial charge in [-0.1, -0.05) is 11.6 Å². The Labute approximate surface area is 176 Å². The molecule has 1 aromatic carbocycles.